The number of carbonyl (C=O) groups is 1. The van der Waals surface area contributed by atoms with Crippen LogP contribution in [0.5, 0.6) is 0 Å². The number of amides is 1. The molecule has 2 fully saturated rings. The van der Waals surface area contributed by atoms with E-state index >= 15 is 0 Å². The molecule has 2 saturated heterocycles. The molecule has 1 unspecified atom stereocenters. The SMILES string of the molecule is C[C@@H]1CC(n2c([C@H]3CC(=O)N(c4cnn(C)c4)C3)nc3cnc4ccc(C#N)cc4c32)CCO1. The van der Waals surface area contributed by atoms with Crippen molar-refractivity contribution in [2.24, 2.45) is 7.05 Å². The summed E-state index contributed by atoms with van der Waals surface area (Å²) in [7, 11) is 1.85. The zero-order valence-corrected chi connectivity index (χ0v) is 19.2. The van der Waals surface area contributed by atoms with Gasteiger partial charge in [0.1, 0.15) is 11.3 Å². The molecule has 0 saturated carbocycles. The van der Waals surface area contributed by atoms with E-state index in [0.717, 1.165) is 46.3 Å². The van der Waals surface area contributed by atoms with Gasteiger partial charge in [0.05, 0.1) is 46.9 Å². The van der Waals surface area contributed by atoms with E-state index in [0.29, 0.717) is 25.1 Å². The van der Waals surface area contributed by atoms with Crippen molar-refractivity contribution in [3.8, 4) is 6.07 Å². The maximum atomic E-state index is 13.0. The van der Waals surface area contributed by atoms with Gasteiger partial charge < -0.3 is 14.2 Å². The van der Waals surface area contributed by atoms with E-state index in [1.165, 1.54) is 0 Å². The maximum Gasteiger partial charge on any atom is 0.227 e. The first-order valence-electron chi connectivity index (χ1n) is 11.6. The fraction of sp³-hybridized carbons (Fsp3) is 0.400. The van der Waals surface area contributed by atoms with Crippen LogP contribution < -0.4 is 4.90 Å². The van der Waals surface area contributed by atoms with Gasteiger partial charge in [-0.05, 0) is 38.0 Å². The number of pyridine rings is 1. The molecule has 3 aromatic heterocycles. The fourth-order valence-corrected chi connectivity index (χ4v) is 5.41. The number of benzene rings is 1. The van der Waals surface area contributed by atoms with Gasteiger partial charge >= 0.3 is 0 Å². The van der Waals surface area contributed by atoms with Crippen molar-refractivity contribution >= 4 is 33.5 Å². The Kier molecular flexibility index (Phi) is 4.85. The Labute approximate surface area is 196 Å². The number of rotatable bonds is 3. The summed E-state index contributed by atoms with van der Waals surface area (Å²) < 4.78 is 9.87. The Hall–Kier alpha value is -3.77. The number of aromatic nitrogens is 5. The monoisotopic (exact) mass is 455 g/mol. The highest BCUT2D eigenvalue weighted by Crippen LogP contribution is 2.39. The number of hydrogen-bond donors (Lipinski definition) is 0. The van der Waals surface area contributed by atoms with Gasteiger partial charge in [-0.3, -0.25) is 14.5 Å². The lowest BCUT2D eigenvalue weighted by atomic mass is 10.0. The number of imidazole rings is 1. The minimum absolute atomic E-state index is 0.0487. The van der Waals surface area contributed by atoms with E-state index in [1.807, 2.05) is 31.6 Å². The largest absolute Gasteiger partial charge is 0.378 e. The van der Waals surface area contributed by atoms with E-state index in [4.69, 9.17) is 9.72 Å². The lowest BCUT2D eigenvalue weighted by molar-refractivity contribution is -0.117. The van der Waals surface area contributed by atoms with Crippen molar-refractivity contribution in [2.45, 2.75) is 44.2 Å². The molecule has 34 heavy (non-hydrogen) atoms. The molecule has 2 aliphatic heterocycles. The molecule has 9 nitrogen and oxygen atoms in total. The van der Waals surface area contributed by atoms with Crippen LogP contribution in [0.25, 0.3) is 21.9 Å². The van der Waals surface area contributed by atoms with Gasteiger partial charge in [0.2, 0.25) is 5.91 Å². The smallest absolute Gasteiger partial charge is 0.227 e. The second-order valence-electron chi connectivity index (χ2n) is 9.31. The summed E-state index contributed by atoms with van der Waals surface area (Å²) in [6, 6.07) is 8.03. The van der Waals surface area contributed by atoms with Crippen LogP contribution in [-0.2, 0) is 16.6 Å². The Bertz CT molecular complexity index is 1460. The average molecular weight is 456 g/mol. The van der Waals surface area contributed by atoms with Crippen LogP contribution in [0.2, 0.25) is 0 Å². The van der Waals surface area contributed by atoms with Crippen molar-refractivity contribution in [3.05, 3.63) is 48.2 Å². The zero-order valence-electron chi connectivity index (χ0n) is 19.2. The molecule has 0 radical (unpaired) electrons. The summed E-state index contributed by atoms with van der Waals surface area (Å²) in [5, 5.41) is 14.7. The molecule has 172 valence electrons. The van der Waals surface area contributed by atoms with E-state index in [2.05, 4.69) is 27.6 Å². The Morgan fingerprint density at radius 1 is 1.24 bits per heavy atom. The fourth-order valence-electron chi connectivity index (χ4n) is 5.41. The molecule has 9 heteroatoms. The number of ether oxygens (including phenoxy) is 1. The predicted octanol–water partition coefficient (Wildman–Crippen LogP) is 3.45. The van der Waals surface area contributed by atoms with Crippen LogP contribution >= 0.6 is 0 Å². The highest BCUT2D eigenvalue weighted by Gasteiger charge is 2.37. The Balaban J connectivity index is 1.52. The summed E-state index contributed by atoms with van der Waals surface area (Å²) in [6.45, 7) is 3.34. The molecule has 6 rings (SSSR count). The molecule has 0 aliphatic carbocycles. The standard InChI is InChI=1S/C25H25N7O2/c1-15-7-18(5-6-34-15)32-24-20-8-16(10-26)3-4-21(20)27-12-22(24)29-25(32)17-9-23(33)31(13-17)19-11-28-30(2)14-19/h3-4,8,11-12,14-15,17-18H,5-7,9,13H2,1-2H3/t15-,17+,18?/m1/s1. The Morgan fingerprint density at radius 2 is 2.12 bits per heavy atom. The lowest BCUT2D eigenvalue weighted by Crippen LogP contribution is -2.28. The molecule has 0 N–H and O–H groups in total. The zero-order chi connectivity index (χ0) is 23.4. The Morgan fingerprint density at radius 3 is 2.88 bits per heavy atom. The van der Waals surface area contributed by atoms with Crippen molar-refractivity contribution < 1.29 is 9.53 Å². The summed E-state index contributed by atoms with van der Waals surface area (Å²) in [5.41, 5.74) is 4.02. The number of nitriles is 1. The number of carbonyl (C=O) groups excluding carboxylic acids is 1. The van der Waals surface area contributed by atoms with Gasteiger partial charge in [-0.25, -0.2) is 4.98 Å². The van der Waals surface area contributed by atoms with E-state index < -0.39 is 0 Å². The van der Waals surface area contributed by atoms with Crippen molar-refractivity contribution in [3.63, 3.8) is 0 Å². The predicted molar refractivity (Wildman–Crippen MR) is 126 cm³/mol. The molecular formula is C25H25N7O2. The van der Waals surface area contributed by atoms with Gasteiger partial charge in [-0.1, -0.05) is 0 Å². The summed E-state index contributed by atoms with van der Waals surface area (Å²) >= 11 is 0. The van der Waals surface area contributed by atoms with Crippen LogP contribution in [0.4, 0.5) is 5.69 Å². The van der Waals surface area contributed by atoms with E-state index in [1.54, 1.807) is 21.8 Å². The average Bonchev–Trinajstić information content (AvgIpc) is 3.54. The number of aryl methyl sites for hydroxylation is 1. The van der Waals surface area contributed by atoms with Gasteiger partial charge in [-0.2, -0.15) is 10.4 Å². The molecule has 5 heterocycles. The third-order valence-electron chi connectivity index (χ3n) is 6.99. The minimum Gasteiger partial charge on any atom is -0.378 e. The number of anilines is 1. The lowest BCUT2D eigenvalue weighted by Gasteiger charge is -2.31. The van der Waals surface area contributed by atoms with Crippen LogP contribution in [-0.4, -0.2) is 49.5 Å². The highest BCUT2D eigenvalue weighted by molar-refractivity contribution is 6.03. The molecule has 4 aromatic rings. The first-order valence-corrected chi connectivity index (χ1v) is 11.6. The topological polar surface area (TPSA) is 102 Å². The van der Waals surface area contributed by atoms with E-state index in [9.17, 15) is 10.1 Å². The number of fused-ring (bicyclic) bond motifs is 3. The summed E-state index contributed by atoms with van der Waals surface area (Å²) in [5.74, 6) is 0.935. The minimum atomic E-state index is -0.0487. The first kappa shape index (κ1) is 20.8. The highest BCUT2D eigenvalue weighted by atomic mass is 16.5. The molecule has 1 aromatic carbocycles. The van der Waals surface area contributed by atoms with Gasteiger partial charge in [0.15, 0.2) is 0 Å². The summed E-state index contributed by atoms with van der Waals surface area (Å²) in [6.07, 6.45) is 7.68. The van der Waals surface area contributed by atoms with Crippen molar-refractivity contribution in [1.82, 2.24) is 24.3 Å². The first-order chi connectivity index (χ1) is 16.5. The molecular weight excluding hydrogens is 430 g/mol. The van der Waals surface area contributed by atoms with Gasteiger partial charge in [0, 0.05) is 50.2 Å². The normalized spacial score (nSPS) is 23.1. The molecule has 0 spiro atoms. The molecule has 3 atom stereocenters. The number of hydrogen-bond acceptors (Lipinski definition) is 6. The van der Waals surface area contributed by atoms with Crippen LogP contribution in [0, 0.1) is 11.3 Å². The molecule has 2 aliphatic rings. The van der Waals surface area contributed by atoms with Crippen LogP contribution in [0.3, 0.4) is 0 Å². The van der Waals surface area contributed by atoms with Crippen LogP contribution in [0.1, 0.15) is 49.5 Å². The van der Waals surface area contributed by atoms with Crippen molar-refractivity contribution in [1.29, 1.82) is 5.26 Å². The van der Waals surface area contributed by atoms with Gasteiger partial charge in [-0.15, -0.1) is 0 Å². The third kappa shape index (κ3) is 3.33. The molecule has 0 bridgehead atoms. The molecule has 1 amide bonds. The van der Waals surface area contributed by atoms with Crippen LogP contribution in [0.15, 0.2) is 36.8 Å². The third-order valence-corrected chi connectivity index (χ3v) is 6.99. The van der Waals surface area contributed by atoms with Crippen molar-refractivity contribution in [2.75, 3.05) is 18.1 Å². The number of nitrogens with zero attached hydrogens (tertiary/aromatic N) is 7. The second kappa shape index (κ2) is 7.92. The maximum absolute atomic E-state index is 13.0. The second-order valence-corrected chi connectivity index (χ2v) is 9.31. The quantitative estimate of drug-likeness (QED) is 0.469. The summed E-state index contributed by atoms with van der Waals surface area (Å²) in [4.78, 5) is 24.5. The van der Waals surface area contributed by atoms with Gasteiger partial charge in [0.25, 0.3) is 0 Å². The van der Waals surface area contributed by atoms with E-state index in [-0.39, 0.29) is 24.0 Å².